The van der Waals surface area contributed by atoms with E-state index < -0.39 is 0 Å². The van der Waals surface area contributed by atoms with Crippen LogP contribution < -0.4 is 5.32 Å². The second kappa shape index (κ2) is 6.29. The van der Waals surface area contributed by atoms with Crippen LogP contribution in [0.5, 0.6) is 0 Å². The van der Waals surface area contributed by atoms with Crippen LogP contribution in [0, 0.1) is 12.8 Å². The van der Waals surface area contributed by atoms with E-state index in [9.17, 15) is 0 Å². The van der Waals surface area contributed by atoms with E-state index in [-0.39, 0.29) is 0 Å². The second-order valence-electron chi connectivity index (χ2n) is 6.13. The summed E-state index contributed by atoms with van der Waals surface area (Å²) in [5.41, 5.74) is 2.75. The molecule has 3 rings (SSSR count). The van der Waals surface area contributed by atoms with Crippen LogP contribution >= 0.6 is 11.3 Å². The lowest BCUT2D eigenvalue weighted by molar-refractivity contribution is 0.426. The maximum atomic E-state index is 4.58. The van der Waals surface area contributed by atoms with Gasteiger partial charge in [-0.2, -0.15) is 0 Å². The molecule has 2 aromatic rings. The maximum Gasteiger partial charge on any atom is 0.109 e. The first kappa shape index (κ1) is 14.7. The number of aryl methyl sites for hydroxylation is 2. The van der Waals surface area contributed by atoms with Crippen molar-refractivity contribution in [2.75, 3.05) is 0 Å². The van der Waals surface area contributed by atoms with Gasteiger partial charge >= 0.3 is 0 Å². The van der Waals surface area contributed by atoms with Gasteiger partial charge < -0.3 is 5.32 Å². The van der Waals surface area contributed by atoms with Gasteiger partial charge in [0.15, 0.2) is 0 Å². The minimum Gasteiger partial charge on any atom is -0.301 e. The van der Waals surface area contributed by atoms with Crippen LogP contribution in [0.25, 0.3) is 0 Å². The fraction of sp³-hybridized carbons (Fsp3) is 0.500. The zero-order valence-electron chi connectivity index (χ0n) is 13.1. The van der Waals surface area contributed by atoms with Crippen molar-refractivity contribution in [2.45, 2.75) is 52.1 Å². The molecule has 21 heavy (non-hydrogen) atoms. The molecule has 3 heteroatoms. The molecule has 2 nitrogen and oxygen atoms in total. The van der Waals surface area contributed by atoms with Gasteiger partial charge in [-0.25, -0.2) is 4.98 Å². The van der Waals surface area contributed by atoms with Crippen LogP contribution in [-0.2, 0) is 6.42 Å². The summed E-state index contributed by atoms with van der Waals surface area (Å²) in [7, 11) is 0. The van der Waals surface area contributed by atoms with Crippen LogP contribution in [0.15, 0.2) is 30.5 Å². The molecule has 2 unspecified atom stereocenters. The number of hydrogen-bond donors (Lipinski definition) is 1. The Morgan fingerprint density at radius 3 is 2.57 bits per heavy atom. The average Bonchev–Trinajstić information content (AvgIpc) is 3.22. The Bertz CT molecular complexity index is 584. The summed E-state index contributed by atoms with van der Waals surface area (Å²) in [5.74, 6) is 0.792. The molecule has 0 radical (unpaired) electrons. The molecule has 1 fully saturated rings. The third-order valence-corrected chi connectivity index (χ3v) is 5.57. The van der Waals surface area contributed by atoms with E-state index in [0.29, 0.717) is 12.1 Å². The van der Waals surface area contributed by atoms with Crippen molar-refractivity contribution in [2.24, 2.45) is 5.92 Å². The van der Waals surface area contributed by atoms with Crippen molar-refractivity contribution in [3.05, 3.63) is 51.5 Å². The zero-order valence-corrected chi connectivity index (χ0v) is 13.9. The van der Waals surface area contributed by atoms with Gasteiger partial charge in [0.2, 0.25) is 0 Å². The number of hydrogen-bond acceptors (Lipinski definition) is 3. The highest BCUT2D eigenvalue weighted by atomic mass is 32.1. The number of nitrogens with one attached hydrogen (secondary N) is 1. The highest BCUT2D eigenvalue weighted by molar-refractivity contribution is 7.11. The summed E-state index contributed by atoms with van der Waals surface area (Å²) in [5, 5.41) is 5.03. The predicted octanol–water partition coefficient (Wildman–Crippen LogP) is 4.82. The van der Waals surface area contributed by atoms with Crippen molar-refractivity contribution in [1.29, 1.82) is 0 Å². The summed E-state index contributed by atoms with van der Waals surface area (Å²) in [4.78, 5) is 5.96. The molecule has 0 spiro atoms. The molecular weight excluding hydrogens is 276 g/mol. The van der Waals surface area contributed by atoms with Gasteiger partial charge in [-0.3, -0.25) is 0 Å². The van der Waals surface area contributed by atoms with E-state index >= 15 is 0 Å². The summed E-state index contributed by atoms with van der Waals surface area (Å²) in [6, 6.07) is 9.77. The number of nitrogens with zero attached hydrogens (tertiary/aromatic N) is 1. The van der Waals surface area contributed by atoms with E-state index in [0.717, 1.165) is 12.3 Å². The quantitative estimate of drug-likeness (QED) is 0.827. The van der Waals surface area contributed by atoms with Crippen LogP contribution in [0.4, 0.5) is 0 Å². The number of thiazole rings is 1. The number of benzene rings is 1. The Labute approximate surface area is 131 Å². The molecule has 112 valence electrons. The van der Waals surface area contributed by atoms with Crippen LogP contribution in [-0.4, -0.2) is 4.98 Å². The lowest BCUT2D eigenvalue weighted by Gasteiger charge is -2.23. The Balaban J connectivity index is 1.74. The molecule has 1 aromatic heterocycles. The topological polar surface area (TPSA) is 24.9 Å². The fourth-order valence-electron chi connectivity index (χ4n) is 2.73. The van der Waals surface area contributed by atoms with E-state index in [1.165, 1.54) is 33.9 Å². The Kier molecular flexibility index (Phi) is 4.41. The first-order valence-electron chi connectivity index (χ1n) is 7.94. The molecule has 1 aromatic carbocycles. The van der Waals surface area contributed by atoms with Crippen molar-refractivity contribution in [3.63, 3.8) is 0 Å². The molecule has 2 atom stereocenters. The van der Waals surface area contributed by atoms with Crippen molar-refractivity contribution >= 4 is 11.3 Å². The normalized spacial score (nSPS) is 17.7. The third kappa shape index (κ3) is 3.53. The highest BCUT2D eigenvalue weighted by Gasteiger charge is 2.33. The van der Waals surface area contributed by atoms with Crippen LogP contribution in [0.3, 0.4) is 0 Å². The molecule has 0 aliphatic heterocycles. The molecule has 1 aliphatic carbocycles. The molecule has 0 amide bonds. The number of aromatic nitrogens is 1. The molecule has 1 heterocycles. The van der Waals surface area contributed by atoms with Gasteiger partial charge in [0.05, 0.1) is 6.04 Å². The molecule has 1 N–H and O–H groups in total. The summed E-state index contributed by atoms with van der Waals surface area (Å²) in [6.07, 6.45) is 5.79. The van der Waals surface area contributed by atoms with E-state index in [1.807, 2.05) is 17.5 Å². The second-order valence-corrected chi connectivity index (χ2v) is 7.28. The summed E-state index contributed by atoms with van der Waals surface area (Å²) >= 11 is 1.84. The van der Waals surface area contributed by atoms with Crippen LogP contribution in [0.1, 0.15) is 59.8 Å². The maximum absolute atomic E-state index is 4.58. The van der Waals surface area contributed by atoms with Gasteiger partial charge in [-0.05, 0) is 44.6 Å². The monoisotopic (exact) mass is 300 g/mol. The van der Waals surface area contributed by atoms with Crippen molar-refractivity contribution in [1.82, 2.24) is 10.3 Å². The Hall–Kier alpha value is -1.19. The van der Waals surface area contributed by atoms with Gasteiger partial charge in [-0.1, -0.05) is 36.8 Å². The predicted molar refractivity (Wildman–Crippen MR) is 89.7 cm³/mol. The first-order chi connectivity index (χ1) is 10.2. The van der Waals surface area contributed by atoms with Crippen molar-refractivity contribution in [3.8, 4) is 0 Å². The lowest BCUT2D eigenvalue weighted by atomic mass is 10.0. The fourth-order valence-corrected chi connectivity index (χ4v) is 3.60. The third-order valence-electron chi connectivity index (χ3n) is 4.25. The van der Waals surface area contributed by atoms with Crippen molar-refractivity contribution < 1.29 is 0 Å². The molecular formula is C18H24N2S. The first-order valence-corrected chi connectivity index (χ1v) is 8.76. The van der Waals surface area contributed by atoms with E-state index in [1.54, 1.807) is 0 Å². The SMILES string of the molecule is CCc1cnc(C(C)NC(c2ccc(C)cc2)C2CC2)s1. The van der Waals surface area contributed by atoms with E-state index in [2.05, 4.69) is 55.3 Å². The van der Waals surface area contributed by atoms with Crippen LogP contribution in [0.2, 0.25) is 0 Å². The summed E-state index contributed by atoms with van der Waals surface area (Å²) < 4.78 is 0. The Morgan fingerprint density at radius 2 is 2.00 bits per heavy atom. The van der Waals surface area contributed by atoms with Gasteiger partial charge in [0.1, 0.15) is 5.01 Å². The largest absolute Gasteiger partial charge is 0.301 e. The summed E-state index contributed by atoms with van der Waals surface area (Å²) in [6.45, 7) is 6.57. The lowest BCUT2D eigenvalue weighted by Crippen LogP contribution is -2.26. The molecule has 1 aliphatic rings. The van der Waals surface area contributed by atoms with Gasteiger partial charge in [-0.15, -0.1) is 11.3 Å². The number of rotatable bonds is 6. The minimum atomic E-state index is 0.321. The standard InChI is InChI=1S/C18H24N2S/c1-4-16-11-19-18(21-16)13(3)20-17(15-9-10-15)14-7-5-12(2)6-8-14/h5-8,11,13,15,17,20H,4,9-10H2,1-3H3. The Morgan fingerprint density at radius 1 is 1.29 bits per heavy atom. The molecule has 0 saturated heterocycles. The molecule has 1 saturated carbocycles. The highest BCUT2D eigenvalue weighted by Crippen LogP contribution is 2.42. The minimum absolute atomic E-state index is 0.321. The van der Waals surface area contributed by atoms with Gasteiger partial charge in [0, 0.05) is 17.1 Å². The molecule has 0 bridgehead atoms. The zero-order chi connectivity index (χ0) is 14.8. The van der Waals surface area contributed by atoms with Gasteiger partial charge in [0.25, 0.3) is 0 Å². The average molecular weight is 300 g/mol. The smallest absolute Gasteiger partial charge is 0.109 e. The van der Waals surface area contributed by atoms with E-state index in [4.69, 9.17) is 0 Å².